The number of aromatic nitrogens is 2. The smallest absolute Gasteiger partial charge is 0.214 e. The van der Waals surface area contributed by atoms with Crippen molar-refractivity contribution in [3.63, 3.8) is 0 Å². The molecule has 0 saturated carbocycles. The first kappa shape index (κ1) is 11.4. The predicted octanol–water partition coefficient (Wildman–Crippen LogP) is 1.82. The van der Waals surface area contributed by atoms with E-state index in [1.807, 2.05) is 42.0 Å². The van der Waals surface area contributed by atoms with Gasteiger partial charge in [-0.15, -0.1) is 0 Å². The molecule has 0 aliphatic rings. The number of nitrogens with zero attached hydrogens (tertiary/aromatic N) is 3. The number of hydrogen-bond acceptors (Lipinski definition) is 2. The lowest BCUT2D eigenvalue weighted by Gasteiger charge is -2.09. The van der Waals surface area contributed by atoms with Crippen LogP contribution < -0.4 is 0 Å². The largest absolute Gasteiger partial charge is 0.624 e. The fraction of sp³-hybridized carbons (Fsp3) is 0.231. The zero-order chi connectivity index (χ0) is 12.3. The van der Waals surface area contributed by atoms with Gasteiger partial charge in [0.15, 0.2) is 0 Å². The zero-order valence-corrected chi connectivity index (χ0v) is 10.00. The highest BCUT2D eigenvalue weighted by Gasteiger charge is 2.11. The van der Waals surface area contributed by atoms with Gasteiger partial charge in [0.05, 0.1) is 6.33 Å². The van der Waals surface area contributed by atoms with Gasteiger partial charge in [0, 0.05) is 18.0 Å². The summed E-state index contributed by atoms with van der Waals surface area (Å²) >= 11 is 0. The van der Waals surface area contributed by atoms with Gasteiger partial charge in [0.2, 0.25) is 5.71 Å². The van der Waals surface area contributed by atoms with Gasteiger partial charge in [-0.3, -0.25) is 0 Å². The quantitative estimate of drug-likeness (QED) is 0.349. The molecule has 1 aromatic carbocycles. The van der Waals surface area contributed by atoms with Crippen LogP contribution in [0.2, 0.25) is 0 Å². The van der Waals surface area contributed by atoms with Crippen LogP contribution in [0.1, 0.15) is 11.1 Å². The Labute approximate surface area is 100 Å². The van der Waals surface area contributed by atoms with E-state index in [2.05, 4.69) is 4.98 Å². The molecule has 4 nitrogen and oxygen atoms in total. The number of benzene rings is 1. The van der Waals surface area contributed by atoms with Crippen LogP contribution in [0.5, 0.6) is 0 Å². The van der Waals surface area contributed by atoms with E-state index in [-0.39, 0.29) is 0 Å². The van der Waals surface area contributed by atoms with E-state index in [4.69, 9.17) is 0 Å². The second-order valence-corrected chi connectivity index (χ2v) is 4.05. The minimum absolute atomic E-state index is 0.531. The second kappa shape index (κ2) is 4.82. The minimum atomic E-state index is 0.531. The third-order valence-corrected chi connectivity index (χ3v) is 2.62. The summed E-state index contributed by atoms with van der Waals surface area (Å²) in [6, 6.07) is 7.94. The van der Waals surface area contributed by atoms with Crippen LogP contribution >= 0.6 is 0 Å². The number of hydrogen-bond donors (Lipinski definition) is 0. The van der Waals surface area contributed by atoms with Crippen molar-refractivity contribution in [2.24, 2.45) is 0 Å². The number of hydroxylamine groups is 1. The molecule has 0 aliphatic carbocycles. The normalized spacial score (nSPS) is 12.4. The first-order valence-corrected chi connectivity index (χ1v) is 5.46. The molecule has 0 bridgehead atoms. The van der Waals surface area contributed by atoms with Gasteiger partial charge in [0.1, 0.15) is 13.6 Å². The summed E-state index contributed by atoms with van der Waals surface area (Å²) in [6.07, 6.45) is 5.26. The Hall–Kier alpha value is -2.10. The van der Waals surface area contributed by atoms with Crippen LogP contribution in [-0.4, -0.2) is 27.0 Å². The first-order valence-electron chi connectivity index (χ1n) is 5.46. The Morgan fingerprint density at radius 3 is 2.88 bits per heavy atom. The molecule has 0 spiro atoms. The lowest BCUT2D eigenvalue weighted by molar-refractivity contribution is -0.423. The Bertz CT molecular complexity index is 525. The van der Waals surface area contributed by atoms with Crippen molar-refractivity contribution in [3.05, 3.63) is 59.3 Å². The Morgan fingerprint density at radius 1 is 1.47 bits per heavy atom. The van der Waals surface area contributed by atoms with Crippen molar-refractivity contribution in [1.82, 2.24) is 9.55 Å². The molecule has 0 saturated heterocycles. The van der Waals surface area contributed by atoms with Crippen LogP contribution in [0.15, 0.2) is 43.0 Å². The lowest BCUT2D eigenvalue weighted by atomic mass is 10.1. The van der Waals surface area contributed by atoms with Crippen molar-refractivity contribution in [3.8, 4) is 0 Å². The number of rotatable bonds is 3. The third-order valence-electron chi connectivity index (χ3n) is 2.62. The Kier molecular flexibility index (Phi) is 3.23. The minimum Gasteiger partial charge on any atom is -0.624 e. The maximum atomic E-state index is 11.6. The van der Waals surface area contributed by atoms with Crippen LogP contribution in [0.25, 0.3) is 0 Å². The predicted molar refractivity (Wildman–Crippen MR) is 67.1 cm³/mol. The van der Waals surface area contributed by atoms with E-state index >= 15 is 0 Å². The van der Waals surface area contributed by atoms with E-state index in [0.717, 1.165) is 21.6 Å². The highest BCUT2D eigenvalue weighted by molar-refractivity contribution is 5.96. The summed E-state index contributed by atoms with van der Waals surface area (Å²) in [5.41, 5.74) is 2.83. The molecule has 0 amide bonds. The molecule has 0 N–H and O–H groups in total. The number of imidazole rings is 1. The van der Waals surface area contributed by atoms with E-state index < -0.39 is 0 Å². The SMILES string of the molecule is Cc1cccc(C(Cn2ccnc2)=[N+](C)[O-])c1. The maximum Gasteiger partial charge on any atom is 0.214 e. The molecule has 4 heteroatoms. The standard InChI is InChI=1S/C13H15N3O/c1-11-4-3-5-12(8-11)13(15(2)17)9-16-7-6-14-10-16/h3-8,10H,9H2,1-2H3. The summed E-state index contributed by atoms with van der Waals surface area (Å²) < 4.78 is 2.79. The molecule has 0 fully saturated rings. The van der Waals surface area contributed by atoms with Crippen molar-refractivity contribution >= 4 is 5.71 Å². The van der Waals surface area contributed by atoms with Crippen LogP contribution in [0.3, 0.4) is 0 Å². The fourth-order valence-electron chi connectivity index (χ4n) is 1.75. The lowest BCUT2D eigenvalue weighted by Crippen LogP contribution is -2.19. The molecule has 0 unspecified atom stereocenters. The average Bonchev–Trinajstić information content (AvgIpc) is 2.78. The fourth-order valence-corrected chi connectivity index (χ4v) is 1.75. The molecule has 1 heterocycles. The van der Waals surface area contributed by atoms with Gasteiger partial charge in [-0.1, -0.05) is 17.7 Å². The maximum absolute atomic E-state index is 11.6. The van der Waals surface area contributed by atoms with E-state index in [1.165, 1.54) is 7.05 Å². The summed E-state index contributed by atoms with van der Waals surface area (Å²) in [7, 11) is 1.52. The third kappa shape index (κ3) is 2.72. The van der Waals surface area contributed by atoms with Gasteiger partial charge < -0.3 is 9.77 Å². The molecular formula is C13H15N3O. The molecule has 1 aromatic heterocycles. The summed E-state index contributed by atoms with van der Waals surface area (Å²) in [6.45, 7) is 2.55. The van der Waals surface area contributed by atoms with E-state index in [9.17, 15) is 5.21 Å². The first-order chi connectivity index (χ1) is 8.16. The number of aryl methyl sites for hydroxylation is 1. The molecule has 2 aromatic rings. The van der Waals surface area contributed by atoms with Crippen molar-refractivity contribution in [1.29, 1.82) is 0 Å². The van der Waals surface area contributed by atoms with Crippen LogP contribution in [0.4, 0.5) is 0 Å². The Balaban J connectivity index is 2.34. The van der Waals surface area contributed by atoms with Crippen molar-refractivity contribution in [2.75, 3.05) is 7.05 Å². The van der Waals surface area contributed by atoms with Gasteiger partial charge in [-0.2, -0.15) is 0 Å². The average molecular weight is 229 g/mol. The summed E-state index contributed by atoms with van der Waals surface area (Å²) in [5.74, 6) is 0. The van der Waals surface area contributed by atoms with Crippen molar-refractivity contribution in [2.45, 2.75) is 13.5 Å². The van der Waals surface area contributed by atoms with Crippen LogP contribution in [-0.2, 0) is 6.54 Å². The molecule has 88 valence electrons. The van der Waals surface area contributed by atoms with Gasteiger partial charge >= 0.3 is 0 Å². The van der Waals surface area contributed by atoms with Gasteiger partial charge in [-0.25, -0.2) is 9.72 Å². The van der Waals surface area contributed by atoms with Crippen molar-refractivity contribution < 1.29 is 4.74 Å². The van der Waals surface area contributed by atoms with E-state index in [1.54, 1.807) is 12.5 Å². The van der Waals surface area contributed by atoms with Gasteiger partial charge in [-0.05, 0) is 19.1 Å². The van der Waals surface area contributed by atoms with Gasteiger partial charge in [0.25, 0.3) is 0 Å². The Morgan fingerprint density at radius 2 is 2.29 bits per heavy atom. The molecule has 0 atom stereocenters. The highest BCUT2D eigenvalue weighted by Crippen LogP contribution is 2.07. The van der Waals surface area contributed by atoms with E-state index in [0.29, 0.717) is 6.54 Å². The van der Waals surface area contributed by atoms with Crippen LogP contribution in [0, 0.1) is 12.1 Å². The second-order valence-electron chi connectivity index (χ2n) is 4.05. The molecule has 0 aliphatic heterocycles. The topological polar surface area (TPSA) is 43.9 Å². The molecule has 2 rings (SSSR count). The molecule has 17 heavy (non-hydrogen) atoms. The zero-order valence-electron chi connectivity index (χ0n) is 10.00. The highest BCUT2D eigenvalue weighted by atomic mass is 16.5. The molecular weight excluding hydrogens is 214 g/mol. The summed E-state index contributed by atoms with van der Waals surface area (Å²) in [5, 5.41) is 11.6. The molecule has 0 radical (unpaired) electrons. The monoisotopic (exact) mass is 229 g/mol. The summed E-state index contributed by atoms with van der Waals surface area (Å²) in [4.78, 5) is 3.97.